The van der Waals surface area contributed by atoms with Gasteiger partial charge in [-0.25, -0.2) is 0 Å². The molecule has 0 saturated heterocycles. The summed E-state index contributed by atoms with van der Waals surface area (Å²) >= 11 is 7.03. The Hall–Kier alpha value is -3.17. The first-order valence-corrected chi connectivity index (χ1v) is 11.2. The number of amides is 2. The summed E-state index contributed by atoms with van der Waals surface area (Å²) in [5, 5.41) is 14.4. The number of rotatable bonds is 7. The largest absolute Gasteiger partial charge is 0.325 e. The lowest BCUT2D eigenvalue weighted by Gasteiger charge is -2.11. The first-order chi connectivity index (χ1) is 15.3. The molecule has 0 atom stereocenters. The van der Waals surface area contributed by atoms with E-state index in [1.54, 1.807) is 31.2 Å². The molecule has 0 fully saturated rings. The number of aromatic amines is 1. The van der Waals surface area contributed by atoms with Crippen molar-refractivity contribution in [1.82, 2.24) is 15.2 Å². The summed E-state index contributed by atoms with van der Waals surface area (Å²) in [4.78, 5) is 39.4. The van der Waals surface area contributed by atoms with E-state index >= 15 is 0 Å². The molecule has 166 valence electrons. The Bertz CT molecular complexity index is 1230. The predicted molar refractivity (Wildman–Crippen MR) is 127 cm³/mol. The lowest BCUT2D eigenvalue weighted by atomic mass is 10.1. The molecule has 0 aliphatic carbocycles. The molecule has 0 unspecified atom stereocenters. The van der Waals surface area contributed by atoms with Gasteiger partial charge in [-0.15, -0.1) is 10.2 Å². The highest BCUT2D eigenvalue weighted by atomic mass is 35.5. The Morgan fingerprint density at radius 1 is 1.03 bits per heavy atom. The van der Waals surface area contributed by atoms with Gasteiger partial charge in [0.1, 0.15) is 0 Å². The second-order valence-corrected chi connectivity index (χ2v) is 8.46. The highest BCUT2D eigenvalue weighted by Crippen LogP contribution is 2.26. The van der Waals surface area contributed by atoms with Crippen LogP contribution in [0.25, 0.3) is 11.3 Å². The fraction of sp³-hybridized carbons (Fsp3) is 0.227. The van der Waals surface area contributed by atoms with E-state index in [9.17, 15) is 14.4 Å². The third-order valence-electron chi connectivity index (χ3n) is 4.52. The number of hydrogen-bond acceptors (Lipinski definition) is 6. The minimum atomic E-state index is -0.466. The minimum Gasteiger partial charge on any atom is -0.325 e. The number of nitrogens with one attached hydrogen (secondary N) is 3. The zero-order valence-electron chi connectivity index (χ0n) is 17.8. The molecule has 3 rings (SSSR count). The Morgan fingerprint density at radius 3 is 2.50 bits per heavy atom. The summed E-state index contributed by atoms with van der Waals surface area (Å²) in [6.45, 7) is 5.48. The van der Waals surface area contributed by atoms with Crippen molar-refractivity contribution < 1.29 is 9.59 Å². The van der Waals surface area contributed by atoms with Crippen LogP contribution in [0.5, 0.6) is 0 Å². The van der Waals surface area contributed by atoms with Crippen LogP contribution in [0.1, 0.15) is 24.5 Å². The van der Waals surface area contributed by atoms with Crippen LogP contribution >= 0.6 is 23.4 Å². The monoisotopic (exact) mass is 471 g/mol. The number of halogens is 1. The topological polar surface area (TPSA) is 117 Å². The average molecular weight is 472 g/mol. The zero-order chi connectivity index (χ0) is 23.3. The van der Waals surface area contributed by atoms with Gasteiger partial charge in [0.2, 0.25) is 11.8 Å². The van der Waals surface area contributed by atoms with E-state index in [1.807, 2.05) is 26.0 Å². The van der Waals surface area contributed by atoms with Crippen molar-refractivity contribution in [2.45, 2.75) is 32.3 Å². The SMILES string of the molecule is CCC(=O)Nc1ccc(C)cc1-c1nnc(SCC(=O)Nc2cc(Cl)ccc2C)[nH]c1=O. The van der Waals surface area contributed by atoms with Gasteiger partial charge in [-0.1, -0.05) is 48.0 Å². The molecule has 0 saturated carbocycles. The summed E-state index contributed by atoms with van der Waals surface area (Å²) in [7, 11) is 0. The first kappa shape index (κ1) is 23.5. The van der Waals surface area contributed by atoms with Crippen molar-refractivity contribution >= 4 is 46.6 Å². The number of aryl methyl sites for hydroxylation is 2. The van der Waals surface area contributed by atoms with Crippen LogP contribution in [0.2, 0.25) is 5.02 Å². The lowest BCUT2D eigenvalue weighted by molar-refractivity contribution is -0.116. The fourth-order valence-corrected chi connectivity index (χ4v) is 3.59. The normalized spacial score (nSPS) is 10.6. The van der Waals surface area contributed by atoms with Crippen LogP contribution < -0.4 is 16.2 Å². The van der Waals surface area contributed by atoms with Crippen LogP contribution in [0.3, 0.4) is 0 Å². The molecule has 0 spiro atoms. The number of carbonyl (C=O) groups excluding carboxylic acids is 2. The summed E-state index contributed by atoms with van der Waals surface area (Å²) < 4.78 is 0. The van der Waals surface area contributed by atoms with E-state index in [4.69, 9.17) is 11.6 Å². The summed E-state index contributed by atoms with van der Waals surface area (Å²) in [6.07, 6.45) is 0.307. The van der Waals surface area contributed by atoms with Gasteiger partial charge in [-0.05, 0) is 43.7 Å². The zero-order valence-corrected chi connectivity index (χ0v) is 19.4. The van der Waals surface area contributed by atoms with Gasteiger partial charge in [0.25, 0.3) is 5.56 Å². The third-order valence-corrected chi connectivity index (χ3v) is 5.61. The molecular formula is C22H22ClN5O3S. The molecule has 2 aromatic carbocycles. The van der Waals surface area contributed by atoms with Crippen LogP contribution in [-0.4, -0.2) is 32.7 Å². The Morgan fingerprint density at radius 2 is 1.78 bits per heavy atom. The maximum Gasteiger partial charge on any atom is 0.278 e. The molecule has 2 amide bonds. The summed E-state index contributed by atoms with van der Waals surface area (Å²) in [6, 6.07) is 10.6. The Kier molecular flexibility index (Phi) is 7.66. The lowest BCUT2D eigenvalue weighted by Crippen LogP contribution is -2.18. The minimum absolute atomic E-state index is 0.0260. The number of nitrogens with zero attached hydrogens (tertiary/aromatic N) is 2. The standard InChI is InChI=1S/C22H22ClN5O3S/c1-4-18(29)24-16-8-5-12(2)9-15(16)20-21(31)26-22(28-27-20)32-11-19(30)25-17-10-14(23)7-6-13(17)3/h5-10H,4,11H2,1-3H3,(H,24,29)(H,25,30)(H,26,28,31). The molecule has 0 bridgehead atoms. The van der Waals surface area contributed by atoms with Crippen molar-refractivity contribution in [3.63, 3.8) is 0 Å². The number of hydrogen-bond donors (Lipinski definition) is 3. The van der Waals surface area contributed by atoms with E-state index in [-0.39, 0.29) is 28.4 Å². The number of carbonyl (C=O) groups is 2. The highest BCUT2D eigenvalue weighted by Gasteiger charge is 2.15. The van der Waals surface area contributed by atoms with E-state index in [2.05, 4.69) is 25.8 Å². The fourth-order valence-electron chi connectivity index (χ4n) is 2.81. The Labute approximate surface area is 194 Å². The second kappa shape index (κ2) is 10.4. The van der Waals surface area contributed by atoms with Crippen LogP contribution in [0, 0.1) is 13.8 Å². The molecular weight excluding hydrogens is 450 g/mol. The van der Waals surface area contributed by atoms with Crippen molar-refractivity contribution in [2.75, 3.05) is 16.4 Å². The first-order valence-electron chi connectivity index (χ1n) is 9.83. The Balaban J connectivity index is 1.74. The third kappa shape index (κ3) is 5.95. The number of H-pyrrole nitrogens is 1. The smallest absolute Gasteiger partial charge is 0.278 e. The summed E-state index contributed by atoms with van der Waals surface area (Å²) in [5.41, 5.74) is 3.00. The van der Waals surface area contributed by atoms with Gasteiger partial charge in [0, 0.05) is 22.7 Å². The molecule has 1 aromatic heterocycles. The number of anilines is 2. The van der Waals surface area contributed by atoms with Gasteiger partial charge < -0.3 is 10.6 Å². The molecule has 3 aromatic rings. The van der Waals surface area contributed by atoms with Gasteiger partial charge in [0.15, 0.2) is 10.9 Å². The molecule has 3 N–H and O–H groups in total. The van der Waals surface area contributed by atoms with Gasteiger partial charge in [-0.3, -0.25) is 19.4 Å². The molecule has 32 heavy (non-hydrogen) atoms. The molecule has 8 nitrogen and oxygen atoms in total. The number of aromatic nitrogens is 3. The van der Waals surface area contributed by atoms with Crippen LogP contribution in [-0.2, 0) is 9.59 Å². The molecule has 10 heteroatoms. The van der Waals surface area contributed by atoms with Crippen molar-refractivity contribution in [1.29, 1.82) is 0 Å². The number of thioether (sulfide) groups is 1. The van der Waals surface area contributed by atoms with Gasteiger partial charge in [-0.2, -0.15) is 0 Å². The molecule has 0 aliphatic rings. The van der Waals surface area contributed by atoms with Gasteiger partial charge >= 0.3 is 0 Å². The van der Waals surface area contributed by atoms with Crippen LogP contribution in [0.4, 0.5) is 11.4 Å². The van der Waals surface area contributed by atoms with Gasteiger partial charge in [0.05, 0.1) is 11.4 Å². The van der Waals surface area contributed by atoms with E-state index in [0.29, 0.717) is 28.4 Å². The molecule has 0 aliphatic heterocycles. The predicted octanol–water partition coefficient (Wildman–Crippen LogP) is 4.18. The van der Waals surface area contributed by atoms with E-state index < -0.39 is 5.56 Å². The average Bonchev–Trinajstić information content (AvgIpc) is 2.76. The highest BCUT2D eigenvalue weighted by molar-refractivity contribution is 7.99. The van der Waals surface area contributed by atoms with Crippen molar-refractivity contribution in [3.05, 3.63) is 62.9 Å². The quantitative estimate of drug-likeness (QED) is 0.445. The number of benzene rings is 2. The maximum atomic E-state index is 12.7. The molecule has 1 heterocycles. The second-order valence-electron chi connectivity index (χ2n) is 7.05. The maximum absolute atomic E-state index is 12.7. The van der Waals surface area contributed by atoms with Crippen molar-refractivity contribution in [2.24, 2.45) is 0 Å². The van der Waals surface area contributed by atoms with E-state index in [0.717, 1.165) is 22.9 Å². The summed E-state index contributed by atoms with van der Waals surface area (Å²) in [5.74, 6) is -0.416. The molecule has 0 radical (unpaired) electrons. The van der Waals surface area contributed by atoms with Crippen molar-refractivity contribution in [3.8, 4) is 11.3 Å². The van der Waals surface area contributed by atoms with E-state index in [1.165, 1.54) is 0 Å². The van der Waals surface area contributed by atoms with Crippen LogP contribution in [0.15, 0.2) is 46.3 Å².